The normalized spacial score (nSPS) is 11.3. The summed E-state index contributed by atoms with van der Waals surface area (Å²) in [4.78, 5) is 16.1. The molecule has 3 nitrogen and oxygen atoms in total. The Morgan fingerprint density at radius 3 is 2.47 bits per heavy atom. The molecule has 0 saturated heterocycles. The van der Waals surface area contributed by atoms with Crippen LogP contribution in [0.2, 0.25) is 0 Å². The lowest BCUT2D eigenvalue weighted by Gasteiger charge is -2.09. The highest BCUT2D eigenvalue weighted by molar-refractivity contribution is 5.92. The van der Waals surface area contributed by atoms with E-state index in [0.29, 0.717) is 11.7 Å². The third kappa shape index (κ3) is 3.11. The van der Waals surface area contributed by atoms with Gasteiger partial charge >= 0.3 is 0 Å². The number of carbonyl (C=O) groups excluding carboxylic acids is 1. The second-order valence-corrected chi connectivity index (χ2v) is 5.45. The van der Waals surface area contributed by atoms with Crippen molar-refractivity contribution in [3.63, 3.8) is 0 Å². The molecule has 0 aliphatic heterocycles. The van der Waals surface area contributed by atoms with E-state index in [0.717, 1.165) is 10.9 Å². The molecule has 0 spiro atoms. The summed E-state index contributed by atoms with van der Waals surface area (Å²) in [6.45, 7) is 8.08. The molecule has 0 aliphatic carbocycles. The summed E-state index contributed by atoms with van der Waals surface area (Å²) in [7, 11) is 0. The molecule has 0 atom stereocenters. The second-order valence-electron chi connectivity index (χ2n) is 5.45. The predicted octanol–water partition coefficient (Wildman–Crippen LogP) is 3.95. The molecule has 0 saturated carbocycles. The van der Waals surface area contributed by atoms with Gasteiger partial charge in [-0.25, -0.2) is 4.98 Å². The molecule has 0 fully saturated rings. The highest BCUT2D eigenvalue weighted by Gasteiger charge is 2.08. The van der Waals surface area contributed by atoms with Crippen molar-refractivity contribution in [3.8, 4) is 0 Å². The zero-order chi connectivity index (χ0) is 14.0. The SMILES string of the molecule is CC(C)C(=O)Nc1ccc2cc(C(C)C)ccc2n1. The minimum atomic E-state index is -0.0409. The van der Waals surface area contributed by atoms with Crippen LogP contribution in [0.4, 0.5) is 5.82 Å². The van der Waals surface area contributed by atoms with E-state index < -0.39 is 0 Å². The zero-order valence-electron chi connectivity index (χ0n) is 11.9. The van der Waals surface area contributed by atoms with Crippen LogP contribution in [0.25, 0.3) is 10.9 Å². The number of benzene rings is 1. The van der Waals surface area contributed by atoms with E-state index in [4.69, 9.17) is 0 Å². The third-order valence-corrected chi connectivity index (χ3v) is 3.16. The molecule has 0 aliphatic rings. The van der Waals surface area contributed by atoms with E-state index in [-0.39, 0.29) is 11.8 Å². The third-order valence-electron chi connectivity index (χ3n) is 3.16. The van der Waals surface area contributed by atoms with Crippen molar-refractivity contribution in [2.45, 2.75) is 33.6 Å². The summed E-state index contributed by atoms with van der Waals surface area (Å²) in [5.41, 5.74) is 2.21. The number of rotatable bonds is 3. The Kier molecular flexibility index (Phi) is 3.84. The van der Waals surface area contributed by atoms with Gasteiger partial charge in [-0.05, 0) is 35.7 Å². The van der Waals surface area contributed by atoms with Gasteiger partial charge in [0, 0.05) is 11.3 Å². The smallest absolute Gasteiger partial charge is 0.228 e. The standard InChI is InChI=1S/C16H20N2O/c1-10(2)12-5-7-14-13(9-12)6-8-15(17-14)18-16(19)11(3)4/h5-11H,1-4H3,(H,17,18,19). The van der Waals surface area contributed by atoms with Crippen LogP contribution in [0.5, 0.6) is 0 Å². The Morgan fingerprint density at radius 2 is 1.84 bits per heavy atom. The van der Waals surface area contributed by atoms with E-state index in [1.165, 1.54) is 5.56 Å². The summed E-state index contributed by atoms with van der Waals surface area (Å²) in [5.74, 6) is 1.07. The van der Waals surface area contributed by atoms with Crippen molar-refractivity contribution in [2.75, 3.05) is 5.32 Å². The van der Waals surface area contributed by atoms with E-state index in [9.17, 15) is 4.79 Å². The molecule has 2 aromatic rings. The fourth-order valence-electron chi connectivity index (χ4n) is 1.84. The van der Waals surface area contributed by atoms with Gasteiger partial charge in [0.2, 0.25) is 5.91 Å². The summed E-state index contributed by atoms with van der Waals surface area (Å²) >= 11 is 0. The van der Waals surface area contributed by atoms with Crippen LogP contribution >= 0.6 is 0 Å². The second kappa shape index (κ2) is 5.39. The minimum Gasteiger partial charge on any atom is -0.310 e. The van der Waals surface area contributed by atoms with E-state index in [1.54, 1.807) is 0 Å². The molecule has 0 unspecified atom stereocenters. The number of carbonyl (C=O) groups is 1. The number of aromatic nitrogens is 1. The Bertz CT molecular complexity index is 603. The fourth-order valence-corrected chi connectivity index (χ4v) is 1.84. The number of hydrogen-bond donors (Lipinski definition) is 1. The maximum atomic E-state index is 11.6. The molecule has 0 radical (unpaired) electrons. The van der Waals surface area contributed by atoms with E-state index in [2.05, 4.69) is 36.3 Å². The number of anilines is 1. The van der Waals surface area contributed by atoms with Gasteiger partial charge in [0.15, 0.2) is 0 Å². The molecule has 1 amide bonds. The zero-order valence-corrected chi connectivity index (χ0v) is 11.9. The number of amides is 1. The predicted molar refractivity (Wildman–Crippen MR) is 79.3 cm³/mol. The van der Waals surface area contributed by atoms with Crippen LogP contribution in [-0.4, -0.2) is 10.9 Å². The Balaban J connectivity index is 2.31. The van der Waals surface area contributed by atoms with Gasteiger partial charge in [0.25, 0.3) is 0 Å². The molecule has 19 heavy (non-hydrogen) atoms. The molecule has 1 aromatic heterocycles. The molecule has 3 heteroatoms. The lowest BCUT2D eigenvalue weighted by atomic mass is 10.0. The quantitative estimate of drug-likeness (QED) is 0.903. The van der Waals surface area contributed by atoms with Crippen molar-refractivity contribution >= 4 is 22.6 Å². The Morgan fingerprint density at radius 1 is 1.11 bits per heavy atom. The first-order chi connectivity index (χ1) is 8.97. The first-order valence-electron chi connectivity index (χ1n) is 6.69. The molecule has 1 heterocycles. The van der Waals surface area contributed by atoms with Crippen LogP contribution in [0.3, 0.4) is 0 Å². The first kappa shape index (κ1) is 13.5. The first-order valence-corrected chi connectivity index (χ1v) is 6.69. The lowest BCUT2D eigenvalue weighted by molar-refractivity contribution is -0.118. The highest BCUT2D eigenvalue weighted by Crippen LogP contribution is 2.21. The van der Waals surface area contributed by atoms with Gasteiger partial charge in [0.1, 0.15) is 5.82 Å². The van der Waals surface area contributed by atoms with Crippen LogP contribution in [-0.2, 0) is 4.79 Å². The maximum Gasteiger partial charge on any atom is 0.228 e. The average molecular weight is 256 g/mol. The molecular weight excluding hydrogens is 236 g/mol. The number of fused-ring (bicyclic) bond motifs is 1. The number of nitrogens with zero attached hydrogens (tertiary/aromatic N) is 1. The summed E-state index contributed by atoms with van der Waals surface area (Å²) in [5, 5.41) is 3.93. The van der Waals surface area contributed by atoms with E-state index >= 15 is 0 Å². The lowest BCUT2D eigenvalue weighted by Crippen LogP contribution is -2.18. The van der Waals surface area contributed by atoms with Crippen LogP contribution in [0.15, 0.2) is 30.3 Å². The number of pyridine rings is 1. The van der Waals surface area contributed by atoms with Gasteiger partial charge in [-0.15, -0.1) is 0 Å². The van der Waals surface area contributed by atoms with E-state index in [1.807, 2.05) is 32.0 Å². The highest BCUT2D eigenvalue weighted by atomic mass is 16.1. The van der Waals surface area contributed by atoms with Gasteiger partial charge in [-0.2, -0.15) is 0 Å². The number of hydrogen-bond acceptors (Lipinski definition) is 2. The Labute approximate surface area is 114 Å². The van der Waals surface area contributed by atoms with Crippen LogP contribution in [0, 0.1) is 5.92 Å². The van der Waals surface area contributed by atoms with Crippen molar-refractivity contribution < 1.29 is 4.79 Å². The van der Waals surface area contributed by atoms with Gasteiger partial charge in [-0.3, -0.25) is 4.79 Å². The van der Waals surface area contributed by atoms with Gasteiger partial charge < -0.3 is 5.32 Å². The maximum absolute atomic E-state index is 11.6. The largest absolute Gasteiger partial charge is 0.310 e. The minimum absolute atomic E-state index is 0.00866. The molecule has 100 valence electrons. The number of nitrogens with one attached hydrogen (secondary N) is 1. The monoisotopic (exact) mass is 256 g/mol. The average Bonchev–Trinajstić information content (AvgIpc) is 2.37. The summed E-state index contributed by atoms with van der Waals surface area (Å²) < 4.78 is 0. The Hall–Kier alpha value is -1.90. The molecule has 1 N–H and O–H groups in total. The van der Waals surface area contributed by atoms with Crippen molar-refractivity contribution in [2.24, 2.45) is 5.92 Å². The molecule has 2 rings (SSSR count). The van der Waals surface area contributed by atoms with Crippen LogP contribution < -0.4 is 5.32 Å². The van der Waals surface area contributed by atoms with Crippen molar-refractivity contribution in [3.05, 3.63) is 35.9 Å². The van der Waals surface area contributed by atoms with Gasteiger partial charge in [0.05, 0.1) is 5.52 Å². The molecular formula is C16H20N2O. The van der Waals surface area contributed by atoms with Gasteiger partial charge in [-0.1, -0.05) is 33.8 Å². The fraction of sp³-hybridized carbons (Fsp3) is 0.375. The summed E-state index contributed by atoms with van der Waals surface area (Å²) in [6.07, 6.45) is 0. The van der Waals surface area contributed by atoms with Crippen LogP contribution in [0.1, 0.15) is 39.2 Å². The van der Waals surface area contributed by atoms with Crippen molar-refractivity contribution in [1.82, 2.24) is 4.98 Å². The molecule has 0 bridgehead atoms. The summed E-state index contributed by atoms with van der Waals surface area (Å²) in [6, 6.07) is 10.1. The molecule has 1 aromatic carbocycles. The topological polar surface area (TPSA) is 42.0 Å². The van der Waals surface area contributed by atoms with Crippen molar-refractivity contribution in [1.29, 1.82) is 0 Å².